The van der Waals surface area contributed by atoms with Gasteiger partial charge in [0, 0.05) is 35.4 Å². The SMILES string of the molecule is COC(=S)N1CCS(=O)CC1.OCCO. The molecule has 0 aromatic rings. The van der Waals surface area contributed by atoms with E-state index in [9.17, 15) is 4.21 Å². The Balaban J connectivity index is 0.000000423. The van der Waals surface area contributed by atoms with E-state index in [-0.39, 0.29) is 13.2 Å². The van der Waals surface area contributed by atoms with E-state index in [1.54, 1.807) is 7.11 Å². The lowest BCUT2D eigenvalue weighted by Crippen LogP contribution is -2.41. The molecule has 0 saturated carbocycles. The van der Waals surface area contributed by atoms with Crippen LogP contribution in [-0.4, -0.2) is 69.4 Å². The second-order valence-electron chi connectivity index (χ2n) is 2.75. The van der Waals surface area contributed by atoms with Gasteiger partial charge in [0.1, 0.15) is 0 Å². The summed E-state index contributed by atoms with van der Waals surface area (Å²) in [5.41, 5.74) is 0. The molecule has 0 aromatic heterocycles. The average molecular weight is 255 g/mol. The molecule has 15 heavy (non-hydrogen) atoms. The summed E-state index contributed by atoms with van der Waals surface area (Å²) in [5, 5.41) is 15.8. The van der Waals surface area contributed by atoms with Crippen molar-refractivity contribution in [1.82, 2.24) is 4.90 Å². The summed E-state index contributed by atoms with van der Waals surface area (Å²) in [6, 6.07) is 0. The third kappa shape index (κ3) is 6.77. The van der Waals surface area contributed by atoms with Crippen molar-refractivity contribution >= 4 is 28.2 Å². The summed E-state index contributed by atoms with van der Waals surface area (Å²) in [4.78, 5) is 1.94. The highest BCUT2D eigenvalue weighted by Gasteiger charge is 2.17. The van der Waals surface area contributed by atoms with Crippen molar-refractivity contribution in [1.29, 1.82) is 0 Å². The zero-order valence-electron chi connectivity index (χ0n) is 8.72. The van der Waals surface area contributed by atoms with Crippen LogP contribution >= 0.6 is 12.2 Å². The van der Waals surface area contributed by atoms with Gasteiger partial charge in [0.2, 0.25) is 0 Å². The number of nitrogens with zero attached hydrogens (tertiary/aromatic N) is 1. The van der Waals surface area contributed by atoms with Crippen molar-refractivity contribution in [3.63, 3.8) is 0 Å². The lowest BCUT2D eigenvalue weighted by molar-refractivity contribution is 0.186. The van der Waals surface area contributed by atoms with Gasteiger partial charge in [-0.1, -0.05) is 0 Å². The predicted octanol–water partition coefficient (Wildman–Crippen LogP) is -1.05. The van der Waals surface area contributed by atoms with E-state index in [1.165, 1.54) is 0 Å². The third-order valence-electron chi connectivity index (χ3n) is 1.71. The van der Waals surface area contributed by atoms with Crippen molar-refractivity contribution in [2.24, 2.45) is 0 Å². The van der Waals surface area contributed by atoms with Gasteiger partial charge in [-0.2, -0.15) is 0 Å². The van der Waals surface area contributed by atoms with Crippen LogP contribution in [0, 0.1) is 0 Å². The molecule has 1 rings (SSSR count). The molecule has 0 unspecified atom stereocenters. The first kappa shape index (κ1) is 14.8. The first-order chi connectivity index (χ1) is 7.15. The second kappa shape index (κ2) is 9.02. The van der Waals surface area contributed by atoms with Crippen LogP contribution < -0.4 is 0 Å². The summed E-state index contributed by atoms with van der Waals surface area (Å²) < 4.78 is 15.8. The molecule has 90 valence electrons. The molecule has 0 atom stereocenters. The second-order valence-corrected chi connectivity index (χ2v) is 4.80. The standard InChI is InChI=1S/C6H11NO2S2.C2H6O2/c1-9-6(10)7-2-4-11(8)5-3-7;3-1-2-4/h2-5H2,1H3;3-4H,1-2H2. The number of thiocarbonyl (C=S) groups is 1. The number of rotatable bonds is 1. The Morgan fingerprint density at radius 3 is 2.20 bits per heavy atom. The van der Waals surface area contributed by atoms with Crippen LogP contribution in [0.1, 0.15) is 0 Å². The van der Waals surface area contributed by atoms with Crippen molar-refractivity contribution in [3.05, 3.63) is 0 Å². The van der Waals surface area contributed by atoms with Crippen LogP contribution in [-0.2, 0) is 15.5 Å². The van der Waals surface area contributed by atoms with Gasteiger partial charge in [0.15, 0.2) is 0 Å². The molecule has 1 aliphatic heterocycles. The minimum absolute atomic E-state index is 0.125. The number of aliphatic hydroxyl groups is 2. The van der Waals surface area contributed by atoms with E-state index in [0.717, 1.165) is 13.1 Å². The van der Waals surface area contributed by atoms with Crippen molar-refractivity contribution < 1.29 is 19.2 Å². The zero-order chi connectivity index (χ0) is 11.7. The van der Waals surface area contributed by atoms with Crippen LogP contribution in [0.2, 0.25) is 0 Å². The molecule has 0 amide bonds. The van der Waals surface area contributed by atoms with Gasteiger partial charge in [0.05, 0.1) is 20.3 Å². The number of hydrogen-bond acceptors (Lipinski definition) is 5. The molecule has 0 bridgehead atoms. The molecule has 1 aliphatic rings. The van der Waals surface area contributed by atoms with Crippen LogP contribution in [0.25, 0.3) is 0 Å². The highest BCUT2D eigenvalue weighted by molar-refractivity contribution is 7.85. The topological polar surface area (TPSA) is 70.0 Å². The maximum Gasteiger partial charge on any atom is 0.259 e. The molecule has 0 aliphatic carbocycles. The van der Waals surface area contributed by atoms with E-state index in [0.29, 0.717) is 16.7 Å². The quantitative estimate of drug-likeness (QED) is 0.583. The van der Waals surface area contributed by atoms with Gasteiger partial charge in [-0.3, -0.25) is 4.21 Å². The van der Waals surface area contributed by atoms with Gasteiger partial charge in [0.25, 0.3) is 5.17 Å². The Morgan fingerprint density at radius 2 is 1.87 bits per heavy atom. The number of aliphatic hydroxyl groups excluding tert-OH is 2. The molecule has 1 saturated heterocycles. The number of methoxy groups -OCH3 is 1. The molecule has 1 fully saturated rings. The van der Waals surface area contributed by atoms with E-state index in [1.807, 2.05) is 4.90 Å². The molecule has 0 aromatic carbocycles. The Bertz CT molecular complexity index is 201. The molecular formula is C8H17NO4S2. The van der Waals surface area contributed by atoms with Crippen molar-refractivity contribution in [3.8, 4) is 0 Å². The Hall–Kier alpha value is -0.240. The highest BCUT2D eigenvalue weighted by atomic mass is 32.2. The highest BCUT2D eigenvalue weighted by Crippen LogP contribution is 2.01. The van der Waals surface area contributed by atoms with Gasteiger partial charge >= 0.3 is 0 Å². The Kier molecular flexibility index (Phi) is 8.88. The lowest BCUT2D eigenvalue weighted by Gasteiger charge is -2.26. The number of ether oxygens (including phenoxy) is 1. The summed E-state index contributed by atoms with van der Waals surface area (Å²) in [6.45, 7) is 1.28. The molecule has 1 heterocycles. The fourth-order valence-electron chi connectivity index (χ4n) is 0.950. The summed E-state index contributed by atoms with van der Waals surface area (Å²) in [7, 11) is 0.927. The van der Waals surface area contributed by atoms with E-state index in [2.05, 4.69) is 0 Å². The van der Waals surface area contributed by atoms with Crippen molar-refractivity contribution in [2.45, 2.75) is 0 Å². The van der Waals surface area contributed by atoms with Crippen LogP contribution in [0.3, 0.4) is 0 Å². The van der Waals surface area contributed by atoms with Gasteiger partial charge < -0.3 is 19.8 Å². The molecule has 7 heteroatoms. The summed E-state index contributed by atoms with van der Waals surface area (Å²) in [5.74, 6) is 1.42. The largest absolute Gasteiger partial charge is 0.474 e. The van der Waals surface area contributed by atoms with E-state index >= 15 is 0 Å². The molecule has 0 radical (unpaired) electrons. The summed E-state index contributed by atoms with van der Waals surface area (Å²) >= 11 is 4.92. The summed E-state index contributed by atoms with van der Waals surface area (Å²) in [6.07, 6.45) is 0. The minimum Gasteiger partial charge on any atom is -0.474 e. The van der Waals surface area contributed by atoms with Crippen LogP contribution in [0.5, 0.6) is 0 Å². The smallest absolute Gasteiger partial charge is 0.259 e. The lowest BCUT2D eigenvalue weighted by atomic mass is 10.5. The first-order valence-corrected chi connectivity index (χ1v) is 6.45. The third-order valence-corrected chi connectivity index (χ3v) is 3.41. The van der Waals surface area contributed by atoms with Crippen LogP contribution in [0.4, 0.5) is 0 Å². The molecule has 0 spiro atoms. The molecular weight excluding hydrogens is 238 g/mol. The van der Waals surface area contributed by atoms with Gasteiger partial charge in [-0.15, -0.1) is 0 Å². The monoisotopic (exact) mass is 255 g/mol. The number of hydrogen-bond donors (Lipinski definition) is 2. The predicted molar refractivity (Wildman–Crippen MR) is 63.2 cm³/mol. The fraction of sp³-hybridized carbons (Fsp3) is 0.875. The fourth-order valence-corrected chi connectivity index (χ4v) is 2.18. The van der Waals surface area contributed by atoms with E-state index < -0.39 is 10.8 Å². The zero-order valence-corrected chi connectivity index (χ0v) is 10.4. The minimum atomic E-state index is -0.636. The molecule has 2 N–H and O–H groups in total. The maximum atomic E-state index is 10.9. The molecule has 5 nitrogen and oxygen atoms in total. The van der Waals surface area contributed by atoms with Gasteiger partial charge in [-0.25, -0.2) is 0 Å². The average Bonchev–Trinajstić information content (AvgIpc) is 2.29. The van der Waals surface area contributed by atoms with Crippen molar-refractivity contribution in [2.75, 3.05) is 44.9 Å². The maximum absolute atomic E-state index is 10.9. The van der Waals surface area contributed by atoms with Crippen LogP contribution in [0.15, 0.2) is 0 Å². The Morgan fingerprint density at radius 1 is 1.40 bits per heavy atom. The Labute approximate surface area is 97.5 Å². The first-order valence-electron chi connectivity index (χ1n) is 4.55. The van der Waals surface area contributed by atoms with E-state index in [4.69, 9.17) is 27.2 Å². The van der Waals surface area contributed by atoms with Gasteiger partial charge in [-0.05, 0) is 12.2 Å². The normalized spacial score (nSPS) is 16.6.